The third-order valence-electron chi connectivity index (χ3n) is 8.28. The van der Waals surface area contributed by atoms with Crippen molar-refractivity contribution >= 4 is 23.4 Å². The van der Waals surface area contributed by atoms with E-state index in [0.29, 0.717) is 45.1 Å². The molecular formula is C32H42N4O7. The largest absolute Gasteiger partial charge is 0.497 e. The van der Waals surface area contributed by atoms with Crippen LogP contribution in [-0.4, -0.2) is 92.5 Å². The number of carbonyl (C=O) groups is 4. The summed E-state index contributed by atoms with van der Waals surface area (Å²) in [5.41, 5.74) is 1.02. The van der Waals surface area contributed by atoms with Crippen LogP contribution in [-0.2, 0) is 35.1 Å². The summed E-state index contributed by atoms with van der Waals surface area (Å²) >= 11 is 0. The third-order valence-corrected chi connectivity index (χ3v) is 8.28. The molecule has 0 unspecified atom stereocenters. The van der Waals surface area contributed by atoms with Crippen LogP contribution in [0.1, 0.15) is 51.0 Å². The van der Waals surface area contributed by atoms with Crippen molar-refractivity contribution in [1.29, 1.82) is 5.26 Å². The van der Waals surface area contributed by atoms with Crippen molar-refractivity contribution in [2.75, 3.05) is 46.6 Å². The predicted molar refractivity (Wildman–Crippen MR) is 157 cm³/mol. The van der Waals surface area contributed by atoms with Crippen LogP contribution in [0.5, 0.6) is 5.75 Å². The number of nitriles is 1. The molecule has 4 atom stereocenters. The number of nitrogens with one attached hydrogen (secondary N) is 2. The topological polar surface area (TPSA) is 150 Å². The highest BCUT2D eigenvalue weighted by atomic mass is 16.6. The zero-order valence-corrected chi connectivity index (χ0v) is 25.1. The lowest BCUT2D eigenvalue weighted by atomic mass is 9.89. The second-order valence-electron chi connectivity index (χ2n) is 11.7. The Labute approximate surface area is 252 Å². The molecule has 2 heterocycles. The highest BCUT2D eigenvalue weighted by Gasteiger charge is 2.50. The Morgan fingerprint density at radius 2 is 1.81 bits per heavy atom. The maximum Gasteiger partial charge on any atom is 0.234 e. The molecule has 0 bridgehead atoms. The maximum atomic E-state index is 13.8. The number of carbonyl (C=O) groups excluding carboxylic acids is 4. The number of hydrogen-bond donors (Lipinski definition) is 2. The zero-order valence-electron chi connectivity index (χ0n) is 25.1. The Hall–Kier alpha value is -3.59. The molecule has 2 N–H and O–H groups in total. The molecule has 0 radical (unpaired) electrons. The van der Waals surface area contributed by atoms with Crippen LogP contribution in [0.25, 0.3) is 0 Å². The SMILES string of the molecule is COc1ccc(C[C@H](CC(=O)[C@H](CC#N)NC(=O)CN2CCOCC2)C(=O)N[C@@H](CC2=CCCC2)C(=O)[C@@]2(C)CO2)cc1. The number of ketones is 2. The number of hydrogen-bond acceptors (Lipinski definition) is 9. The van der Waals surface area contributed by atoms with Crippen LogP contribution in [0, 0.1) is 17.2 Å². The van der Waals surface area contributed by atoms with E-state index >= 15 is 0 Å². The van der Waals surface area contributed by atoms with Gasteiger partial charge in [0, 0.05) is 25.4 Å². The minimum Gasteiger partial charge on any atom is -0.497 e. The smallest absolute Gasteiger partial charge is 0.234 e. The Bertz CT molecular complexity index is 1230. The van der Waals surface area contributed by atoms with E-state index in [1.54, 1.807) is 26.2 Å². The number of Topliss-reactive ketones (excluding diaryl/α,β-unsaturated/α-hetero) is 2. The molecule has 11 heteroatoms. The maximum absolute atomic E-state index is 13.8. The number of benzene rings is 1. The molecule has 0 saturated carbocycles. The number of morpholine rings is 1. The van der Waals surface area contributed by atoms with Crippen molar-refractivity contribution in [1.82, 2.24) is 15.5 Å². The molecule has 1 aliphatic carbocycles. The monoisotopic (exact) mass is 594 g/mol. The van der Waals surface area contributed by atoms with Gasteiger partial charge in [-0.1, -0.05) is 23.8 Å². The minimum absolute atomic E-state index is 0.0921. The summed E-state index contributed by atoms with van der Waals surface area (Å²) in [5, 5.41) is 15.1. The summed E-state index contributed by atoms with van der Waals surface area (Å²) in [5.74, 6) is -1.56. The number of ether oxygens (including phenoxy) is 3. The minimum atomic E-state index is -1.05. The third kappa shape index (κ3) is 9.45. The Morgan fingerprint density at radius 1 is 1.09 bits per heavy atom. The van der Waals surface area contributed by atoms with E-state index in [4.69, 9.17) is 14.2 Å². The van der Waals surface area contributed by atoms with Crippen LogP contribution in [0.15, 0.2) is 35.9 Å². The van der Waals surface area contributed by atoms with Crippen molar-refractivity contribution in [2.24, 2.45) is 5.92 Å². The lowest BCUT2D eigenvalue weighted by molar-refractivity contribution is -0.134. The number of amides is 2. The molecule has 232 valence electrons. The highest BCUT2D eigenvalue weighted by Crippen LogP contribution is 2.31. The number of allylic oxidation sites excluding steroid dienone is 1. The molecule has 0 aromatic heterocycles. The van der Waals surface area contributed by atoms with Gasteiger partial charge < -0.3 is 24.8 Å². The molecular weight excluding hydrogens is 552 g/mol. The van der Waals surface area contributed by atoms with Gasteiger partial charge in [0.05, 0.1) is 52.0 Å². The van der Waals surface area contributed by atoms with E-state index in [-0.39, 0.29) is 37.5 Å². The van der Waals surface area contributed by atoms with Crippen LogP contribution >= 0.6 is 0 Å². The fourth-order valence-electron chi connectivity index (χ4n) is 5.53. The van der Waals surface area contributed by atoms with Gasteiger partial charge in [0.15, 0.2) is 11.6 Å². The number of methoxy groups -OCH3 is 1. The Kier molecular flexibility index (Phi) is 11.4. The van der Waals surface area contributed by atoms with Gasteiger partial charge >= 0.3 is 0 Å². The first-order chi connectivity index (χ1) is 20.7. The first-order valence-corrected chi connectivity index (χ1v) is 15.0. The number of nitrogens with zero attached hydrogens (tertiary/aromatic N) is 2. The van der Waals surface area contributed by atoms with Gasteiger partial charge in [0.1, 0.15) is 17.4 Å². The van der Waals surface area contributed by atoms with Gasteiger partial charge in [-0.2, -0.15) is 5.26 Å². The fraction of sp³-hybridized carbons (Fsp3) is 0.594. The quantitative estimate of drug-likeness (QED) is 0.216. The standard InChI is InChI=1S/C32H42N4O7/c1-32(21-43-32)30(39)27(18-22-5-3-4-6-22)35-31(40)24(17-23-7-9-25(41-2)10-8-23)19-28(37)26(11-12-33)34-29(38)20-36-13-15-42-16-14-36/h5,7-10,24,26-27H,3-4,6,11,13-21H2,1-2H3,(H,34,38)(H,35,40)/t24-,26+,27+,32-/m1/s1. The van der Waals surface area contributed by atoms with Crippen molar-refractivity contribution < 1.29 is 33.4 Å². The fourth-order valence-corrected chi connectivity index (χ4v) is 5.53. The van der Waals surface area contributed by atoms with Crippen LogP contribution in [0.3, 0.4) is 0 Å². The molecule has 0 spiro atoms. The van der Waals surface area contributed by atoms with E-state index in [9.17, 15) is 24.4 Å². The average Bonchev–Trinajstić information content (AvgIpc) is 3.54. The number of rotatable bonds is 16. The highest BCUT2D eigenvalue weighted by molar-refractivity contribution is 5.98. The van der Waals surface area contributed by atoms with Crippen molar-refractivity contribution in [3.8, 4) is 11.8 Å². The molecule has 2 aliphatic heterocycles. The normalized spacial score (nSPS) is 21.9. The van der Waals surface area contributed by atoms with Crippen molar-refractivity contribution in [3.05, 3.63) is 41.5 Å². The molecule has 2 fully saturated rings. The summed E-state index contributed by atoms with van der Waals surface area (Å²) < 4.78 is 16.0. The van der Waals surface area contributed by atoms with Crippen molar-refractivity contribution in [2.45, 2.75) is 69.6 Å². The van der Waals surface area contributed by atoms with Gasteiger partial charge in [-0.15, -0.1) is 0 Å². The summed E-state index contributed by atoms with van der Waals surface area (Å²) in [6.45, 7) is 4.40. The zero-order chi connectivity index (χ0) is 30.8. The second kappa shape index (κ2) is 15.2. The van der Waals surface area contributed by atoms with Crippen LogP contribution < -0.4 is 15.4 Å². The molecule has 1 aromatic rings. The first kappa shape index (κ1) is 32.3. The lowest BCUT2D eigenvalue weighted by Crippen LogP contribution is -2.50. The summed E-state index contributed by atoms with van der Waals surface area (Å²) in [6.07, 6.45) is 5.17. The van der Waals surface area contributed by atoms with Gasteiger partial charge in [-0.25, -0.2) is 0 Å². The van der Waals surface area contributed by atoms with Crippen molar-refractivity contribution in [3.63, 3.8) is 0 Å². The van der Waals surface area contributed by atoms with E-state index in [0.717, 1.165) is 30.4 Å². The lowest BCUT2D eigenvalue weighted by Gasteiger charge is -2.27. The van der Waals surface area contributed by atoms with Gasteiger partial charge in [-0.3, -0.25) is 24.1 Å². The summed E-state index contributed by atoms with van der Waals surface area (Å²) in [7, 11) is 1.56. The summed E-state index contributed by atoms with van der Waals surface area (Å²) in [6, 6.07) is 7.36. The molecule has 11 nitrogen and oxygen atoms in total. The van der Waals surface area contributed by atoms with E-state index in [1.807, 2.05) is 23.1 Å². The molecule has 43 heavy (non-hydrogen) atoms. The van der Waals surface area contributed by atoms with Gasteiger partial charge in [0.2, 0.25) is 11.8 Å². The summed E-state index contributed by atoms with van der Waals surface area (Å²) in [4.78, 5) is 55.4. The van der Waals surface area contributed by atoms with Gasteiger partial charge in [0.25, 0.3) is 0 Å². The average molecular weight is 595 g/mol. The van der Waals surface area contributed by atoms with E-state index in [1.165, 1.54) is 0 Å². The van der Waals surface area contributed by atoms with E-state index in [2.05, 4.69) is 16.7 Å². The molecule has 2 saturated heterocycles. The Morgan fingerprint density at radius 3 is 2.42 bits per heavy atom. The second-order valence-corrected chi connectivity index (χ2v) is 11.7. The van der Waals surface area contributed by atoms with E-state index < -0.39 is 35.3 Å². The first-order valence-electron chi connectivity index (χ1n) is 15.0. The van der Waals surface area contributed by atoms with Crippen LogP contribution in [0.4, 0.5) is 0 Å². The van der Waals surface area contributed by atoms with Crippen LogP contribution in [0.2, 0.25) is 0 Å². The van der Waals surface area contributed by atoms with Gasteiger partial charge in [-0.05, 0) is 56.7 Å². The molecule has 1 aromatic carbocycles. The molecule has 2 amide bonds. The molecule has 4 rings (SSSR count). The molecule has 3 aliphatic rings. The predicted octanol–water partition coefficient (Wildman–Crippen LogP) is 1.89. The Balaban J connectivity index is 1.49. The number of epoxide rings is 1.